The molecule has 0 spiro atoms. The number of nitrogen functional groups attached to an aromatic ring is 1. The molecule has 1 saturated heterocycles. The average Bonchev–Trinajstić information content (AvgIpc) is 2.85. The van der Waals surface area contributed by atoms with Crippen LogP contribution in [0.2, 0.25) is 0 Å². The second-order valence-electron chi connectivity index (χ2n) is 4.71. The van der Waals surface area contributed by atoms with Crippen molar-refractivity contribution in [2.45, 2.75) is 26.7 Å². The van der Waals surface area contributed by atoms with Crippen molar-refractivity contribution in [2.24, 2.45) is 16.8 Å². The Morgan fingerprint density at radius 1 is 1.35 bits per heavy atom. The number of hydrazone groups is 1. The Kier molecular flexibility index (Phi) is 6.15. The Labute approximate surface area is 132 Å². The second-order valence-corrected chi connectivity index (χ2v) is 4.71. The maximum Gasteiger partial charge on any atom is 0.341 e. The van der Waals surface area contributed by atoms with Crippen molar-refractivity contribution in [3.63, 3.8) is 0 Å². The van der Waals surface area contributed by atoms with Crippen molar-refractivity contribution in [2.75, 3.05) is 10.3 Å². The van der Waals surface area contributed by atoms with Gasteiger partial charge in [0.1, 0.15) is 5.56 Å². The number of carboxylic acids is 1. The van der Waals surface area contributed by atoms with Gasteiger partial charge in [-0.3, -0.25) is 15.4 Å². The van der Waals surface area contributed by atoms with E-state index in [-0.39, 0.29) is 29.9 Å². The molecule has 2 heterocycles. The molecule has 1 aromatic rings. The molecule has 23 heavy (non-hydrogen) atoms. The van der Waals surface area contributed by atoms with E-state index in [9.17, 15) is 14.4 Å². The highest BCUT2D eigenvalue weighted by Crippen LogP contribution is 2.28. The molecule has 1 aromatic heterocycles. The predicted octanol–water partition coefficient (Wildman–Crippen LogP) is 0.0597. The van der Waals surface area contributed by atoms with Gasteiger partial charge in [-0.2, -0.15) is 5.10 Å². The van der Waals surface area contributed by atoms with E-state index in [0.29, 0.717) is 0 Å². The van der Waals surface area contributed by atoms with Gasteiger partial charge < -0.3 is 16.4 Å². The standard InChI is InChI=1S/C10H10N4O4.C3H8N2/c11-13-5-3-4-12-9(8(5)10(17)18)14-6(15)1-2-7(14)16;1-3(2)5-4/h3-4H,1-2,11H2,(H,12,13)(H,17,18);4H2,1-2H3. The topological polar surface area (TPSA) is 164 Å². The third-order valence-corrected chi connectivity index (χ3v) is 2.82. The number of aromatic carboxylic acids is 1. The summed E-state index contributed by atoms with van der Waals surface area (Å²) in [6.45, 7) is 3.69. The average molecular weight is 322 g/mol. The predicted molar refractivity (Wildman–Crippen MR) is 83.7 cm³/mol. The fourth-order valence-corrected chi connectivity index (χ4v) is 1.76. The number of hydrazine groups is 1. The van der Waals surface area contributed by atoms with E-state index < -0.39 is 17.8 Å². The monoisotopic (exact) mass is 322 g/mol. The summed E-state index contributed by atoms with van der Waals surface area (Å²) in [4.78, 5) is 38.9. The molecule has 6 N–H and O–H groups in total. The number of hydrogen-bond acceptors (Lipinski definition) is 8. The molecule has 1 fully saturated rings. The first-order valence-corrected chi connectivity index (χ1v) is 6.59. The number of anilines is 2. The molecule has 0 radical (unpaired) electrons. The van der Waals surface area contributed by atoms with Crippen molar-refractivity contribution in [1.82, 2.24) is 4.98 Å². The van der Waals surface area contributed by atoms with Crippen molar-refractivity contribution in [1.29, 1.82) is 0 Å². The number of carbonyl (C=O) groups is 3. The minimum absolute atomic E-state index is 0.0554. The molecule has 2 amide bonds. The molecule has 124 valence electrons. The molecule has 0 saturated carbocycles. The summed E-state index contributed by atoms with van der Waals surface area (Å²) in [5.41, 5.74) is 2.89. The molecule has 10 nitrogen and oxygen atoms in total. The molecule has 2 rings (SSSR count). The molecule has 0 aromatic carbocycles. The first-order chi connectivity index (χ1) is 10.8. The zero-order chi connectivity index (χ0) is 17.6. The number of pyridine rings is 1. The first-order valence-electron chi connectivity index (χ1n) is 6.59. The molecular formula is C13H18N6O4. The largest absolute Gasteiger partial charge is 0.477 e. The summed E-state index contributed by atoms with van der Waals surface area (Å²) >= 11 is 0. The van der Waals surface area contributed by atoms with Crippen LogP contribution in [0.1, 0.15) is 37.0 Å². The minimum atomic E-state index is -1.32. The third-order valence-electron chi connectivity index (χ3n) is 2.82. The maximum absolute atomic E-state index is 11.6. The van der Waals surface area contributed by atoms with Crippen LogP contribution >= 0.6 is 0 Å². The summed E-state index contributed by atoms with van der Waals surface area (Å²) in [5, 5.41) is 12.4. The second kappa shape index (κ2) is 7.84. The van der Waals surface area contributed by atoms with Crippen LogP contribution in [0.3, 0.4) is 0 Å². The Morgan fingerprint density at radius 3 is 2.26 bits per heavy atom. The lowest BCUT2D eigenvalue weighted by Gasteiger charge is -2.16. The summed E-state index contributed by atoms with van der Waals surface area (Å²) in [6, 6.07) is 1.35. The lowest BCUT2D eigenvalue weighted by Crippen LogP contribution is -2.31. The van der Waals surface area contributed by atoms with Crippen molar-refractivity contribution in [3.05, 3.63) is 17.8 Å². The Balaban J connectivity index is 0.000000463. The van der Waals surface area contributed by atoms with E-state index in [1.807, 2.05) is 13.8 Å². The number of carboxylic acid groups (broad SMARTS) is 1. The molecule has 0 unspecified atom stereocenters. The SMILES string of the molecule is CC(C)=NN.NNc1ccnc(N2C(=O)CCC2=O)c1C(=O)O. The van der Waals surface area contributed by atoms with Crippen LogP contribution in [0, 0.1) is 0 Å². The quantitative estimate of drug-likeness (QED) is 0.262. The zero-order valence-electron chi connectivity index (χ0n) is 12.7. The lowest BCUT2D eigenvalue weighted by molar-refractivity contribution is -0.121. The molecule has 10 heteroatoms. The molecule has 0 aliphatic carbocycles. The van der Waals surface area contributed by atoms with Crippen LogP contribution in [0.25, 0.3) is 0 Å². The van der Waals surface area contributed by atoms with Gasteiger partial charge in [-0.25, -0.2) is 14.7 Å². The van der Waals surface area contributed by atoms with Gasteiger partial charge in [0.05, 0.1) is 5.69 Å². The highest BCUT2D eigenvalue weighted by molar-refractivity contribution is 6.21. The van der Waals surface area contributed by atoms with E-state index in [1.54, 1.807) is 0 Å². The smallest absolute Gasteiger partial charge is 0.341 e. The molecule has 0 atom stereocenters. The number of nitrogens with one attached hydrogen (secondary N) is 1. The van der Waals surface area contributed by atoms with Crippen LogP contribution in [0.15, 0.2) is 17.4 Å². The fraction of sp³-hybridized carbons (Fsp3) is 0.308. The van der Waals surface area contributed by atoms with Gasteiger partial charge >= 0.3 is 5.97 Å². The van der Waals surface area contributed by atoms with Gasteiger partial charge in [-0.05, 0) is 19.9 Å². The fourth-order valence-electron chi connectivity index (χ4n) is 1.76. The van der Waals surface area contributed by atoms with Gasteiger partial charge in [0.15, 0.2) is 5.82 Å². The van der Waals surface area contributed by atoms with Crippen molar-refractivity contribution >= 4 is 35.0 Å². The first kappa shape index (κ1) is 18.0. The number of amides is 2. The molecule has 0 bridgehead atoms. The summed E-state index contributed by atoms with van der Waals surface area (Å²) in [7, 11) is 0. The molecule has 1 aliphatic heterocycles. The number of nitrogens with zero attached hydrogens (tertiary/aromatic N) is 3. The van der Waals surface area contributed by atoms with Crippen LogP contribution in [-0.4, -0.2) is 33.6 Å². The van der Waals surface area contributed by atoms with Crippen LogP contribution in [0.5, 0.6) is 0 Å². The normalized spacial score (nSPS) is 13.3. The summed E-state index contributed by atoms with van der Waals surface area (Å²) in [6.07, 6.45) is 1.38. The van der Waals surface area contributed by atoms with E-state index >= 15 is 0 Å². The van der Waals surface area contributed by atoms with Gasteiger partial charge in [-0.1, -0.05) is 0 Å². The van der Waals surface area contributed by atoms with Crippen LogP contribution < -0.4 is 22.0 Å². The number of carbonyl (C=O) groups excluding carboxylic acids is 2. The van der Waals surface area contributed by atoms with Gasteiger partial charge in [0.25, 0.3) is 0 Å². The Hall–Kier alpha value is -3.01. The van der Waals surface area contributed by atoms with E-state index in [2.05, 4.69) is 15.5 Å². The van der Waals surface area contributed by atoms with E-state index in [4.69, 9.17) is 16.8 Å². The third kappa shape index (κ3) is 4.23. The van der Waals surface area contributed by atoms with E-state index in [1.165, 1.54) is 12.3 Å². The maximum atomic E-state index is 11.6. The number of aromatic nitrogens is 1. The summed E-state index contributed by atoms with van der Waals surface area (Å²) < 4.78 is 0. The molecule has 1 aliphatic rings. The van der Waals surface area contributed by atoms with Gasteiger partial charge in [-0.15, -0.1) is 0 Å². The van der Waals surface area contributed by atoms with Gasteiger partial charge in [0, 0.05) is 24.8 Å². The van der Waals surface area contributed by atoms with Crippen LogP contribution in [-0.2, 0) is 9.59 Å². The Morgan fingerprint density at radius 2 is 1.87 bits per heavy atom. The van der Waals surface area contributed by atoms with Crippen molar-refractivity contribution in [3.8, 4) is 0 Å². The Bertz CT molecular complexity index is 638. The highest BCUT2D eigenvalue weighted by Gasteiger charge is 2.35. The molecular weight excluding hydrogens is 304 g/mol. The number of rotatable bonds is 3. The van der Waals surface area contributed by atoms with Crippen molar-refractivity contribution < 1.29 is 19.5 Å². The van der Waals surface area contributed by atoms with Crippen LogP contribution in [0.4, 0.5) is 11.5 Å². The number of imide groups is 1. The van der Waals surface area contributed by atoms with E-state index in [0.717, 1.165) is 10.6 Å². The number of nitrogens with two attached hydrogens (primary N) is 2. The van der Waals surface area contributed by atoms with Gasteiger partial charge in [0.2, 0.25) is 11.8 Å². The lowest BCUT2D eigenvalue weighted by atomic mass is 10.2. The highest BCUT2D eigenvalue weighted by atomic mass is 16.4. The summed E-state index contributed by atoms with van der Waals surface area (Å²) in [5.74, 6) is 7.49. The minimum Gasteiger partial charge on any atom is -0.477 e. The zero-order valence-corrected chi connectivity index (χ0v) is 12.7. The number of hydrogen-bond donors (Lipinski definition) is 4.